The van der Waals surface area contributed by atoms with Gasteiger partial charge >= 0.3 is 0 Å². The van der Waals surface area contributed by atoms with Gasteiger partial charge in [-0.05, 0) is 30.7 Å². The number of aromatic nitrogens is 2. The molecule has 0 aliphatic heterocycles. The van der Waals surface area contributed by atoms with E-state index < -0.39 is 11.4 Å². The highest BCUT2D eigenvalue weighted by atomic mass is 19.1. The summed E-state index contributed by atoms with van der Waals surface area (Å²) in [6.45, 7) is 1.64. The van der Waals surface area contributed by atoms with Gasteiger partial charge in [0.1, 0.15) is 5.82 Å². The van der Waals surface area contributed by atoms with Crippen molar-refractivity contribution in [1.29, 1.82) is 0 Å². The van der Waals surface area contributed by atoms with Gasteiger partial charge in [0.15, 0.2) is 0 Å². The van der Waals surface area contributed by atoms with Crippen LogP contribution < -0.4 is 0 Å². The second-order valence-corrected chi connectivity index (χ2v) is 4.20. The van der Waals surface area contributed by atoms with Crippen molar-refractivity contribution in [1.82, 2.24) is 9.97 Å². The third-order valence-electron chi connectivity index (χ3n) is 2.62. The fourth-order valence-corrected chi connectivity index (χ4v) is 1.71. The van der Waals surface area contributed by atoms with E-state index in [0.717, 1.165) is 11.8 Å². The molecule has 0 aliphatic carbocycles. The molecule has 4 heteroatoms. The highest BCUT2D eigenvalue weighted by molar-refractivity contribution is 5.22. The highest BCUT2D eigenvalue weighted by Crippen LogP contribution is 2.24. The van der Waals surface area contributed by atoms with Gasteiger partial charge in [-0.1, -0.05) is 0 Å². The summed E-state index contributed by atoms with van der Waals surface area (Å²) in [5.41, 5.74) is 0.264. The normalized spacial score (nSPS) is 14.3. The Kier molecular flexibility index (Phi) is 3.15. The summed E-state index contributed by atoms with van der Waals surface area (Å²) in [4.78, 5) is 7.65. The molecule has 0 aliphatic rings. The van der Waals surface area contributed by atoms with Gasteiger partial charge in [0.2, 0.25) is 0 Å². The number of rotatable bonds is 3. The molecule has 88 valence electrons. The van der Waals surface area contributed by atoms with Crippen LogP contribution in [0.3, 0.4) is 0 Å². The van der Waals surface area contributed by atoms with Crippen molar-refractivity contribution in [2.45, 2.75) is 18.9 Å². The van der Waals surface area contributed by atoms with E-state index in [1.54, 1.807) is 19.3 Å². The van der Waals surface area contributed by atoms with Crippen molar-refractivity contribution >= 4 is 0 Å². The smallest absolute Gasteiger partial charge is 0.141 e. The molecule has 1 unspecified atom stereocenters. The molecular formula is C13H13FN2O. The average molecular weight is 232 g/mol. The zero-order valence-corrected chi connectivity index (χ0v) is 9.47. The lowest BCUT2D eigenvalue weighted by Crippen LogP contribution is -2.24. The van der Waals surface area contributed by atoms with Gasteiger partial charge in [0, 0.05) is 30.6 Å². The molecule has 2 heterocycles. The summed E-state index contributed by atoms with van der Waals surface area (Å²) in [6.07, 6.45) is 6.31. The van der Waals surface area contributed by atoms with Gasteiger partial charge < -0.3 is 5.11 Å². The van der Waals surface area contributed by atoms with E-state index >= 15 is 0 Å². The topological polar surface area (TPSA) is 46.0 Å². The van der Waals surface area contributed by atoms with E-state index in [9.17, 15) is 9.50 Å². The fourth-order valence-electron chi connectivity index (χ4n) is 1.71. The number of hydrogen-bond donors (Lipinski definition) is 1. The number of nitrogens with zero attached hydrogens (tertiary/aromatic N) is 2. The first-order valence-corrected chi connectivity index (χ1v) is 5.30. The number of pyridine rings is 2. The van der Waals surface area contributed by atoms with Crippen LogP contribution in [0, 0.1) is 5.82 Å². The Morgan fingerprint density at radius 2 is 1.94 bits per heavy atom. The maximum Gasteiger partial charge on any atom is 0.141 e. The monoisotopic (exact) mass is 232 g/mol. The number of aliphatic hydroxyl groups is 1. The van der Waals surface area contributed by atoms with Crippen LogP contribution >= 0.6 is 0 Å². The molecule has 1 N–H and O–H groups in total. The standard InChI is InChI=1S/C13H13FN2O/c1-13(17,7-10-2-4-15-5-3-10)11-6-12(14)9-16-8-11/h2-6,8-9,17H,7H2,1H3. The Hall–Kier alpha value is -1.81. The van der Waals surface area contributed by atoms with Gasteiger partial charge in [-0.3, -0.25) is 9.97 Å². The zero-order chi connectivity index (χ0) is 12.3. The largest absolute Gasteiger partial charge is 0.385 e. The van der Waals surface area contributed by atoms with Gasteiger partial charge in [0.05, 0.1) is 11.8 Å². The summed E-state index contributed by atoms with van der Waals surface area (Å²) in [5, 5.41) is 10.3. The van der Waals surface area contributed by atoms with Crippen LogP contribution in [-0.4, -0.2) is 15.1 Å². The van der Waals surface area contributed by atoms with E-state index in [1.807, 2.05) is 12.1 Å². The van der Waals surface area contributed by atoms with Gasteiger partial charge in [-0.2, -0.15) is 0 Å². The lowest BCUT2D eigenvalue weighted by molar-refractivity contribution is 0.0569. The Morgan fingerprint density at radius 3 is 2.59 bits per heavy atom. The minimum absolute atomic E-state index is 0.390. The van der Waals surface area contributed by atoms with Crippen molar-refractivity contribution in [3.05, 3.63) is 59.9 Å². The molecule has 0 fully saturated rings. The van der Waals surface area contributed by atoms with E-state index in [0.29, 0.717) is 12.0 Å². The first-order valence-electron chi connectivity index (χ1n) is 5.30. The molecule has 1 atom stereocenters. The summed E-state index contributed by atoms with van der Waals surface area (Å²) < 4.78 is 13.1. The predicted octanol–water partition coefficient (Wildman–Crippen LogP) is 2.07. The van der Waals surface area contributed by atoms with Crippen LogP contribution in [-0.2, 0) is 12.0 Å². The van der Waals surface area contributed by atoms with E-state index in [2.05, 4.69) is 9.97 Å². The van der Waals surface area contributed by atoms with Crippen molar-refractivity contribution in [3.63, 3.8) is 0 Å². The van der Waals surface area contributed by atoms with Crippen molar-refractivity contribution in [2.24, 2.45) is 0 Å². The fraction of sp³-hybridized carbons (Fsp3) is 0.231. The molecule has 2 rings (SSSR count). The molecule has 0 saturated heterocycles. The molecule has 0 amide bonds. The summed E-state index contributed by atoms with van der Waals surface area (Å²) in [6, 6.07) is 4.94. The van der Waals surface area contributed by atoms with Gasteiger partial charge in [-0.25, -0.2) is 4.39 Å². The Bertz CT molecular complexity index is 500. The molecule has 0 radical (unpaired) electrons. The van der Waals surface area contributed by atoms with E-state index in [1.165, 1.54) is 12.3 Å². The van der Waals surface area contributed by atoms with Crippen LogP contribution in [0.5, 0.6) is 0 Å². The molecule has 0 saturated carbocycles. The van der Waals surface area contributed by atoms with Crippen molar-refractivity contribution < 1.29 is 9.50 Å². The number of hydrogen-bond acceptors (Lipinski definition) is 3. The van der Waals surface area contributed by atoms with E-state index in [-0.39, 0.29) is 0 Å². The van der Waals surface area contributed by atoms with Crippen LogP contribution in [0.2, 0.25) is 0 Å². The first kappa shape index (κ1) is 11.7. The highest BCUT2D eigenvalue weighted by Gasteiger charge is 2.24. The third-order valence-corrected chi connectivity index (χ3v) is 2.62. The molecule has 0 bridgehead atoms. The average Bonchev–Trinajstić information content (AvgIpc) is 2.30. The minimum atomic E-state index is -1.14. The number of halogens is 1. The molecule has 3 nitrogen and oxygen atoms in total. The predicted molar refractivity (Wildman–Crippen MR) is 61.7 cm³/mol. The maximum absolute atomic E-state index is 13.1. The summed E-state index contributed by atoms with van der Waals surface area (Å²) in [7, 11) is 0. The molecular weight excluding hydrogens is 219 g/mol. The lowest BCUT2D eigenvalue weighted by atomic mass is 9.90. The third kappa shape index (κ3) is 2.85. The molecule has 2 aromatic heterocycles. The summed E-state index contributed by atoms with van der Waals surface area (Å²) >= 11 is 0. The maximum atomic E-state index is 13.1. The van der Waals surface area contributed by atoms with Gasteiger partial charge in [-0.15, -0.1) is 0 Å². The SMILES string of the molecule is CC(O)(Cc1ccncc1)c1cncc(F)c1. The van der Waals surface area contributed by atoms with Crippen LogP contribution in [0.4, 0.5) is 4.39 Å². The Morgan fingerprint density at radius 1 is 1.24 bits per heavy atom. The van der Waals surface area contributed by atoms with E-state index in [4.69, 9.17) is 0 Å². The molecule has 2 aromatic rings. The lowest BCUT2D eigenvalue weighted by Gasteiger charge is -2.23. The van der Waals surface area contributed by atoms with Crippen LogP contribution in [0.1, 0.15) is 18.1 Å². The zero-order valence-electron chi connectivity index (χ0n) is 9.47. The van der Waals surface area contributed by atoms with Crippen LogP contribution in [0.15, 0.2) is 43.0 Å². The van der Waals surface area contributed by atoms with Crippen molar-refractivity contribution in [2.75, 3.05) is 0 Å². The van der Waals surface area contributed by atoms with Crippen molar-refractivity contribution in [3.8, 4) is 0 Å². The second kappa shape index (κ2) is 4.59. The van der Waals surface area contributed by atoms with Gasteiger partial charge in [0.25, 0.3) is 0 Å². The molecule has 17 heavy (non-hydrogen) atoms. The first-order chi connectivity index (χ1) is 8.08. The molecule has 0 spiro atoms. The Balaban J connectivity index is 2.25. The summed E-state index contributed by atoms with van der Waals surface area (Å²) in [5.74, 6) is -0.447. The molecule has 0 aromatic carbocycles. The van der Waals surface area contributed by atoms with Crippen LogP contribution in [0.25, 0.3) is 0 Å². The minimum Gasteiger partial charge on any atom is -0.385 e. The second-order valence-electron chi connectivity index (χ2n) is 4.20. The quantitative estimate of drug-likeness (QED) is 0.881. The Labute approximate surface area is 99.0 Å².